The topological polar surface area (TPSA) is 92.1 Å². The Kier molecular flexibility index (Phi) is 7.81. The highest BCUT2D eigenvalue weighted by Gasteiger charge is 2.22. The van der Waals surface area contributed by atoms with Gasteiger partial charge in [-0.05, 0) is 50.3 Å². The van der Waals surface area contributed by atoms with Crippen LogP contribution in [0.3, 0.4) is 0 Å². The minimum Gasteiger partial charge on any atom is -0.452 e. The number of benzene rings is 1. The Morgan fingerprint density at radius 3 is 2.85 bits per heavy atom. The van der Waals surface area contributed by atoms with Crippen LogP contribution in [0.15, 0.2) is 34.5 Å². The number of thioether (sulfide) groups is 1. The highest BCUT2D eigenvalue weighted by molar-refractivity contribution is 7.98. The van der Waals surface area contributed by atoms with Gasteiger partial charge in [0.1, 0.15) is 11.1 Å². The van der Waals surface area contributed by atoms with Gasteiger partial charge < -0.3 is 10.1 Å². The van der Waals surface area contributed by atoms with E-state index in [2.05, 4.69) is 16.4 Å². The van der Waals surface area contributed by atoms with Crippen molar-refractivity contribution in [3.63, 3.8) is 0 Å². The molecule has 0 fully saturated rings. The maximum atomic E-state index is 12.7. The second kappa shape index (κ2) is 11.0. The van der Waals surface area contributed by atoms with Crippen LogP contribution in [0.5, 0.6) is 0 Å². The summed E-state index contributed by atoms with van der Waals surface area (Å²) in [5.74, 6) is -0.348. The fourth-order valence-electron chi connectivity index (χ4n) is 3.71. The predicted octanol–water partition coefficient (Wildman–Crippen LogP) is 5.74. The van der Waals surface area contributed by atoms with Crippen LogP contribution in [0.1, 0.15) is 56.3 Å². The van der Waals surface area contributed by atoms with Gasteiger partial charge in [-0.25, -0.2) is 9.78 Å². The van der Waals surface area contributed by atoms with Crippen molar-refractivity contribution in [2.24, 2.45) is 0 Å². The van der Waals surface area contributed by atoms with E-state index < -0.39 is 18.5 Å². The first-order valence-corrected chi connectivity index (χ1v) is 13.4. The van der Waals surface area contributed by atoms with Crippen LogP contribution in [0.25, 0.3) is 0 Å². The monoisotopic (exact) mass is 497 g/mol. The molecule has 0 atom stereocenters. The third-order valence-corrected chi connectivity index (χ3v) is 8.41. The zero-order valence-electron chi connectivity index (χ0n) is 18.2. The molecule has 2 heterocycles. The van der Waals surface area contributed by atoms with Crippen molar-refractivity contribution < 1.29 is 14.3 Å². The van der Waals surface area contributed by atoms with Crippen molar-refractivity contribution in [2.75, 3.05) is 11.9 Å². The summed E-state index contributed by atoms with van der Waals surface area (Å²) in [5.41, 5.74) is 3.00. The highest BCUT2D eigenvalue weighted by Crippen LogP contribution is 2.37. The summed E-state index contributed by atoms with van der Waals surface area (Å²) in [6.45, 7) is 1.55. The van der Waals surface area contributed by atoms with Gasteiger partial charge in [-0.3, -0.25) is 4.79 Å². The number of nitriles is 1. The molecule has 9 heteroatoms. The number of carbonyl (C=O) groups is 2. The van der Waals surface area contributed by atoms with Crippen LogP contribution in [0, 0.1) is 18.3 Å². The van der Waals surface area contributed by atoms with Gasteiger partial charge in [0.05, 0.1) is 21.8 Å². The lowest BCUT2D eigenvalue weighted by Gasteiger charge is -2.09. The summed E-state index contributed by atoms with van der Waals surface area (Å²) in [6, 6.07) is 9.43. The summed E-state index contributed by atoms with van der Waals surface area (Å²) in [5, 5.41) is 16.0. The van der Waals surface area contributed by atoms with E-state index in [9.17, 15) is 14.9 Å². The number of esters is 1. The van der Waals surface area contributed by atoms with Crippen LogP contribution in [0.4, 0.5) is 5.00 Å². The highest BCUT2D eigenvalue weighted by atomic mass is 32.2. The molecule has 0 bridgehead atoms. The molecule has 1 amide bonds. The molecule has 1 N–H and O–H groups in total. The van der Waals surface area contributed by atoms with Gasteiger partial charge in [-0.2, -0.15) is 5.26 Å². The molecule has 0 saturated heterocycles. The van der Waals surface area contributed by atoms with Gasteiger partial charge in [-0.15, -0.1) is 34.4 Å². The molecule has 0 saturated carbocycles. The zero-order chi connectivity index (χ0) is 23.2. The second-order valence-electron chi connectivity index (χ2n) is 7.65. The van der Waals surface area contributed by atoms with Crippen molar-refractivity contribution in [1.29, 1.82) is 5.26 Å². The standard InChI is InChI=1S/C24H23N3O3S3/c1-15-26-16(13-31-15)14-32-20-9-6-5-8-18(20)24(29)30-12-22(28)27-23-19(11-25)17-7-3-2-4-10-21(17)33-23/h5-6,8-9,13H,2-4,7,10,12,14H2,1H3,(H,27,28). The number of amides is 1. The van der Waals surface area contributed by atoms with Crippen molar-refractivity contribution >= 4 is 51.3 Å². The van der Waals surface area contributed by atoms with E-state index in [1.165, 1.54) is 28.0 Å². The maximum Gasteiger partial charge on any atom is 0.339 e. The first-order chi connectivity index (χ1) is 16.0. The van der Waals surface area contributed by atoms with E-state index in [-0.39, 0.29) is 0 Å². The number of thiophene rings is 1. The van der Waals surface area contributed by atoms with E-state index in [0.29, 0.717) is 21.9 Å². The van der Waals surface area contributed by atoms with Crippen LogP contribution in [-0.2, 0) is 28.1 Å². The molecule has 1 aliphatic carbocycles. The van der Waals surface area contributed by atoms with Crippen molar-refractivity contribution in [3.8, 4) is 6.07 Å². The number of thiazole rings is 1. The Bertz CT molecular complexity index is 1210. The van der Waals surface area contributed by atoms with Gasteiger partial charge in [-0.1, -0.05) is 18.6 Å². The fourth-order valence-corrected chi connectivity index (χ4v) is 6.61. The number of carbonyl (C=O) groups excluding carboxylic acids is 2. The van der Waals surface area contributed by atoms with E-state index in [1.54, 1.807) is 23.5 Å². The molecule has 0 radical (unpaired) electrons. The van der Waals surface area contributed by atoms with Crippen LogP contribution in [0.2, 0.25) is 0 Å². The minimum atomic E-state index is -0.551. The van der Waals surface area contributed by atoms with Crippen LogP contribution < -0.4 is 5.32 Å². The molecule has 2 aromatic heterocycles. The van der Waals surface area contributed by atoms with Gasteiger partial charge >= 0.3 is 5.97 Å². The number of anilines is 1. The Hall–Kier alpha value is -2.67. The second-order valence-corrected chi connectivity index (χ2v) is 10.8. The number of rotatable bonds is 7. The van der Waals surface area contributed by atoms with Gasteiger partial charge in [0.25, 0.3) is 5.91 Å². The van der Waals surface area contributed by atoms with Gasteiger partial charge in [0, 0.05) is 20.9 Å². The Labute approximate surface area is 205 Å². The summed E-state index contributed by atoms with van der Waals surface area (Å²) < 4.78 is 5.30. The number of hydrogen-bond acceptors (Lipinski definition) is 8. The molecule has 0 spiro atoms. The minimum absolute atomic E-state index is 0.406. The number of aryl methyl sites for hydroxylation is 2. The number of aromatic nitrogens is 1. The summed E-state index contributed by atoms with van der Waals surface area (Å²) >= 11 is 4.57. The lowest BCUT2D eigenvalue weighted by Crippen LogP contribution is -2.21. The largest absolute Gasteiger partial charge is 0.452 e. The first-order valence-electron chi connectivity index (χ1n) is 10.7. The van der Waals surface area contributed by atoms with Crippen LogP contribution >= 0.6 is 34.4 Å². The Balaban J connectivity index is 1.37. The molecule has 0 unspecified atom stereocenters. The quantitative estimate of drug-likeness (QED) is 0.254. The molecule has 1 aliphatic rings. The Morgan fingerprint density at radius 2 is 2.06 bits per heavy atom. The number of nitrogens with one attached hydrogen (secondary N) is 1. The van der Waals surface area contributed by atoms with E-state index >= 15 is 0 Å². The number of ether oxygens (including phenoxy) is 1. The average molecular weight is 498 g/mol. The smallest absolute Gasteiger partial charge is 0.339 e. The predicted molar refractivity (Wildman–Crippen MR) is 132 cm³/mol. The third-order valence-electron chi connectivity index (χ3n) is 5.27. The summed E-state index contributed by atoms with van der Waals surface area (Å²) in [7, 11) is 0. The third kappa shape index (κ3) is 5.82. The Morgan fingerprint density at radius 1 is 1.24 bits per heavy atom. The average Bonchev–Trinajstić information content (AvgIpc) is 3.30. The first kappa shape index (κ1) is 23.5. The van der Waals surface area contributed by atoms with Gasteiger partial charge in [0.15, 0.2) is 6.61 Å². The number of nitrogens with zero attached hydrogens (tertiary/aromatic N) is 2. The number of fused-ring (bicyclic) bond motifs is 1. The fraction of sp³-hybridized carbons (Fsp3) is 0.333. The molecule has 6 nitrogen and oxygen atoms in total. The molecule has 3 aromatic rings. The molecular formula is C24H23N3O3S3. The normalized spacial score (nSPS) is 13.0. The van der Waals surface area contributed by atoms with Gasteiger partial charge in [0.2, 0.25) is 0 Å². The molecule has 4 rings (SSSR count). The SMILES string of the molecule is Cc1nc(CSc2ccccc2C(=O)OCC(=O)Nc2sc3c(c2C#N)CCCCC3)cs1. The van der Waals surface area contributed by atoms with E-state index in [1.807, 2.05) is 24.4 Å². The molecule has 170 valence electrons. The summed E-state index contributed by atoms with van der Waals surface area (Å²) in [4.78, 5) is 31.6. The van der Waals surface area contributed by atoms with Crippen molar-refractivity contribution in [1.82, 2.24) is 4.98 Å². The lowest BCUT2D eigenvalue weighted by molar-refractivity contribution is -0.119. The van der Waals surface area contributed by atoms with Crippen LogP contribution in [-0.4, -0.2) is 23.5 Å². The van der Waals surface area contributed by atoms with E-state index in [4.69, 9.17) is 4.74 Å². The number of hydrogen-bond donors (Lipinski definition) is 1. The van der Waals surface area contributed by atoms with Crippen molar-refractivity contribution in [2.45, 2.75) is 49.7 Å². The lowest BCUT2D eigenvalue weighted by atomic mass is 10.1. The maximum absolute atomic E-state index is 12.7. The summed E-state index contributed by atoms with van der Waals surface area (Å²) in [6.07, 6.45) is 5.13. The van der Waals surface area contributed by atoms with E-state index in [0.717, 1.165) is 53.3 Å². The van der Waals surface area contributed by atoms with Crippen molar-refractivity contribution in [3.05, 3.63) is 61.9 Å². The zero-order valence-corrected chi connectivity index (χ0v) is 20.6. The molecular weight excluding hydrogens is 474 g/mol. The molecule has 1 aromatic carbocycles. The molecule has 0 aliphatic heterocycles. The molecule has 33 heavy (non-hydrogen) atoms.